The minimum atomic E-state index is -0.375. The van der Waals surface area contributed by atoms with Crippen LogP contribution in [-0.4, -0.2) is 24.6 Å². The van der Waals surface area contributed by atoms with Gasteiger partial charge in [0.25, 0.3) is 5.91 Å². The second kappa shape index (κ2) is 7.79. The number of aromatic amines is 1. The van der Waals surface area contributed by atoms with E-state index in [9.17, 15) is 14.0 Å². The molecule has 0 bridgehead atoms. The van der Waals surface area contributed by atoms with Crippen molar-refractivity contribution in [3.63, 3.8) is 0 Å². The Morgan fingerprint density at radius 2 is 1.92 bits per heavy atom. The molecule has 0 spiro atoms. The molecule has 0 fully saturated rings. The summed E-state index contributed by atoms with van der Waals surface area (Å²) in [4.78, 5) is 26.5. The number of ether oxygens (including phenoxy) is 2. The molecule has 7 heteroatoms. The highest BCUT2D eigenvalue weighted by atomic mass is 19.1. The molecular weight excluding hydrogens is 339 g/mol. The molecule has 6 nitrogen and oxygen atoms in total. The second-order valence-electron chi connectivity index (χ2n) is 5.64. The Balaban J connectivity index is 1.71. The number of aromatic nitrogens is 1. The maximum absolute atomic E-state index is 12.8. The van der Waals surface area contributed by atoms with E-state index in [0.29, 0.717) is 23.6 Å². The Hall–Kier alpha value is -3.19. The number of fused-ring (bicyclic) bond motifs is 1. The molecule has 0 radical (unpaired) electrons. The van der Waals surface area contributed by atoms with Gasteiger partial charge in [0, 0.05) is 24.2 Å². The predicted molar refractivity (Wildman–Crippen MR) is 95.8 cm³/mol. The van der Waals surface area contributed by atoms with Crippen molar-refractivity contribution in [3.8, 4) is 5.75 Å². The molecule has 1 amide bonds. The van der Waals surface area contributed by atoms with E-state index in [0.717, 1.165) is 10.9 Å². The lowest BCUT2D eigenvalue weighted by Crippen LogP contribution is -2.20. The quantitative estimate of drug-likeness (QED) is 0.712. The molecule has 26 heavy (non-hydrogen) atoms. The number of anilines is 1. The number of rotatable bonds is 6. The van der Waals surface area contributed by atoms with Gasteiger partial charge in [0.05, 0.1) is 12.1 Å². The topological polar surface area (TPSA) is 80.4 Å². The van der Waals surface area contributed by atoms with Crippen LogP contribution in [0.1, 0.15) is 5.56 Å². The van der Waals surface area contributed by atoms with Gasteiger partial charge in [-0.05, 0) is 42.0 Å². The summed E-state index contributed by atoms with van der Waals surface area (Å²) in [6, 6.07) is 12.1. The Morgan fingerprint density at radius 1 is 1.15 bits per heavy atom. The van der Waals surface area contributed by atoms with Gasteiger partial charge in [-0.2, -0.15) is 0 Å². The molecule has 0 saturated carbocycles. The number of hydrogen-bond donors (Lipinski definition) is 2. The molecule has 2 aromatic carbocycles. The molecule has 0 aliphatic carbocycles. The maximum atomic E-state index is 12.8. The first-order chi connectivity index (χ1) is 12.5. The van der Waals surface area contributed by atoms with Gasteiger partial charge in [-0.1, -0.05) is 6.07 Å². The highest BCUT2D eigenvalue weighted by Gasteiger charge is 2.08. The van der Waals surface area contributed by atoms with Crippen LogP contribution in [0.25, 0.3) is 10.9 Å². The van der Waals surface area contributed by atoms with Crippen LogP contribution in [-0.2, 0) is 16.1 Å². The zero-order valence-corrected chi connectivity index (χ0v) is 14.0. The summed E-state index contributed by atoms with van der Waals surface area (Å²) in [5, 5.41) is 3.54. The molecule has 0 aliphatic heterocycles. The van der Waals surface area contributed by atoms with Crippen molar-refractivity contribution in [2.75, 3.05) is 19.0 Å². The minimum absolute atomic E-state index is 0.218. The monoisotopic (exact) mass is 356 g/mol. The van der Waals surface area contributed by atoms with E-state index >= 15 is 0 Å². The molecule has 3 rings (SSSR count). The number of carbonyl (C=O) groups excluding carboxylic acids is 1. The number of amides is 1. The van der Waals surface area contributed by atoms with Crippen molar-refractivity contribution >= 4 is 22.5 Å². The molecule has 1 heterocycles. The van der Waals surface area contributed by atoms with Crippen LogP contribution < -0.4 is 15.6 Å². The average Bonchev–Trinajstić information content (AvgIpc) is 2.61. The van der Waals surface area contributed by atoms with Gasteiger partial charge in [0.1, 0.15) is 11.6 Å². The van der Waals surface area contributed by atoms with E-state index in [2.05, 4.69) is 10.3 Å². The van der Waals surface area contributed by atoms with Gasteiger partial charge >= 0.3 is 0 Å². The second-order valence-corrected chi connectivity index (χ2v) is 5.64. The first-order valence-corrected chi connectivity index (χ1v) is 7.88. The zero-order chi connectivity index (χ0) is 18.5. The van der Waals surface area contributed by atoms with Crippen molar-refractivity contribution in [2.24, 2.45) is 0 Å². The molecule has 0 atom stereocenters. The van der Waals surface area contributed by atoms with E-state index in [4.69, 9.17) is 9.47 Å². The Morgan fingerprint density at radius 3 is 2.65 bits per heavy atom. The lowest BCUT2D eigenvalue weighted by molar-refractivity contribution is -0.118. The van der Waals surface area contributed by atoms with Crippen molar-refractivity contribution in [1.29, 1.82) is 0 Å². The first-order valence-electron chi connectivity index (χ1n) is 7.88. The van der Waals surface area contributed by atoms with Gasteiger partial charge in [0.2, 0.25) is 5.56 Å². The van der Waals surface area contributed by atoms with Gasteiger partial charge in [0.15, 0.2) is 6.61 Å². The SMILES string of the molecule is COCc1cc(=O)[nH]c2cc(NC(=O)COc3ccc(F)cc3)ccc12. The summed E-state index contributed by atoms with van der Waals surface area (Å²) in [5.74, 6) is -0.350. The van der Waals surface area contributed by atoms with Crippen LogP contribution in [0.15, 0.2) is 53.3 Å². The van der Waals surface area contributed by atoms with E-state index < -0.39 is 0 Å². The minimum Gasteiger partial charge on any atom is -0.484 e. The fourth-order valence-corrected chi connectivity index (χ4v) is 2.56. The average molecular weight is 356 g/mol. The largest absolute Gasteiger partial charge is 0.484 e. The molecule has 3 aromatic rings. The molecule has 0 aliphatic rings. The van der Waals surface area contributed by atoms with Gasteiger partial charge < -0.3 is 19.8 Å². The number of nitrogens with one attached hydrogen (secondary N) is 2. The van der Waals surface area contributed by atoms with Crippen molar-refractivity contribution in [2.45, 2.75) is 6.61 Å². The summed E-state index contributed by atoms with van der Waals surface area (Å²) in [7, 11) is 1.56. The van der Waals surface area contributed by atoms with Gasteiger partial charge in [-0.15, -0.1) is 0 Å². The Labute approximate surface area is 148 Å². The fraction of sp³-hybridized carbons (Fsp3) is 0.158. The number of H-pyrrole nitrogens is 1. The van der Waals surface area contributed by atoms with E-state index in [1.54, 1.807) is 25.3 Å². The molecule has 1 aromatic heterocycles. The summed E-state index contributed by atoms with van der Waals surface area (Å²) in [5.41, 5.74) is 1.65. The first kappa shape index (κ1) is 17.6. The molecule has 0 unspecified atom stereocenters. The summed E-state index contributed by atoms with van der Waals surface area (Å²) in [6.45, 7) is 0.0987. The maximum Gasteiger partial charge on any atom is 0.262 e. The molecule has 0 saturated heterocycles. The normalized spacial score (nSPS) is 10.7. The van der Waals surface area contributed by atoms with E-state index in [1.165, 1.54) is 30.3 Å². The highest BCUT2D eigenvalue weighted by Crippen LogP contribution is 2.20. The number of hydrogen-bond acceptors (Lipinski definition) is 4. The summed E-state index contributed by atoms with van der Waals surface area (Å²) in [6.07, 6.45) is 0. The lowest BCUT2D eigenvalue weighted by Gasteiger charge is -2.10. The van der Waals surface area contributed by atoms with E-state index in [-0.39, 0.29) is 23.9 Å². The van der Waals surface area contributed by atoms with Gasteiger partial charge in [-0.25, -0.2) is 4.39 Å². The Kier molecular flexibility index (Phi) is 5.28. The molecular formula is C19H17FN2O4. The molecule has 134 valence electrons. The van der Waals surface area contributed by atoms with Crippen LogP contribution in [0.5, 0.6) is 5.75 Å². The Bertz CT molecular complexity index is 983. The standard InChI is InChI=1S/C19H17FN2O4/c1-25-10-12-8-18(23)22-17-9-14(4-7-16(12)17)21-19(24)11-26-15-5-2-13(20)3-6-15/h2-9H,10-11H2,1H3,(H,21,24)(H,22,23). The fourth-order valence-electron chi connectivity index (χ4n) is 2.56. The summed E-state index contributed by atoms with van der Waals surface area (Å²) < 4.78 is 23.2. The van der Waals surface area contributed by atoms with Crippen molar-refractivity contribution in [3.05, 3.63) is 70.3 Å². The highest BCUT2D eigenvalue weighted by molar-refractivity contribution is 5.94. The predicted octanol–water partition coefficient (Wildman–Crippen LogP) is 2.83. The van der Waals surface area contributed by atoms with Crippen LogP contribution in [0.4, 0.5) is 10.1 Å². The van der Waals surface area contributed by atoms with Crippen LogP contribution in [0, 0.1) is 5.82 Å². The third-order valence-corrected chi connectivity index (χ3v) is 3.70. The van der Waals surface area contributed by atoms with Crippen molar-refractivity contribution < 1.29 is 18.7 Å². The number of carbonyl (C=O) groups is 1. The number of halogens is 1. The molecule has 2 N–H and O–H groups in total. The lowest BCUT2D eigenvalue weighted by atomic mass is 10.1. The van der Waals surface area contributed by atoms with Crippen molar-refractivity contribution in [1.82, 2.24) is 4.98 Å². The number of benzene rings is 2. The smallest absolute Gasteiger partial charge is 0.262 e. The van der Waals surface area contributed by atoms with Crippen LogP contribution in [0.2, 0.25) is 0 Å². The van der Waals surface area contributed by atoms with Crippen LogP contribution in [0.3, 0.4) is 0 Å². The third-order valence-electron chi connectivity index (χ3n) is 3.70. The number of methoxy groups -OCH3 is 1. The third kappa shape index (κ3) is 4.25. The zero-order valence-electron chi connectivity index (χ0n) is 14.0. The van der Waals surface area contributed by atoms with Gasteiger partial charge in [-0.3, -0.25) is 9.59 Å². The summed E-state index contributed by atoms with van der Waals surface area (Å²) >= 11 is 0. The van der Waals surface area contributed by atoms with E-state index in [1.807, 2.05) is 0 Å². The van der Waals surface area contributed by atoms with Crippen LogP contribution >= 0.6 is 0 Å². The number of pyridine rings is 1.